The molecule has 10 nitrogen and oxygen atoms in total. The molecule has 1 aromatic carbocycles. The van der Waals surface area contributed by atoms with Crippen LogP contribution in [0.4, 0.5) is 15.0 Å². The number of rotatable bonds is 8. The lowest BCUT2D eigenvalue weighted by molar-refractivity contribution is -0.141. The van der Waals surface area contributed by atoms with Crippen molar-refractivity contribution >= 4 is 29.7 Å². The lowest BCUT2D eigenvalue weighted by Crippen LogP contribution is -2.49. The van der Waals surface area contributed by atoms with Gasteiger partial charge in [-0.1, -0.05) is 30.3 Å². The average molecular weight is 597 g/mol. The maximum Gasteiger partial charge on any atom is 0.407 e. The molecule has 2 heterocycles. The predicted octanol–water partition coefficient (Wildman–Crippen LogP) is 4.86. The number of esters is 1. The summed E-state index contributed by atoms with van der Waals surface area (Å²) in [6, 6.07) is 11.3. The third kappa shape index (κ3) is 8.09. The number of ether oxygens (including phenoxy) is 2. The van der Waals surface area contributed by atoms with Crippen LogP contribution >= 0.6 is 0 Å². The predicted molar refractivity (Wildman–Crippen MR) is 158 cm³/mol. The largest absolute Gasteiger partial charge is 0.465 e. The molecule has 2 aliphatic rings. The molecule has 2 fully saturated rings. The van der Waals surface area contributed by atoms with Crippen LogP contribution in [0.5, 0.6) is 0 Å². The molecule has 4 rings (SSSR count). The third-order valence-corrected chi connectivity index (χ3v) is 8.17. The van der Waals surface area contributed by atoms with Gasteiger partial charge in [0.2, 0.25) is 11.8 Å². The summed E-state index contributed by atoms with van der Waals surface area (Å²) in [7, 11) is 1.28. The van der Waals surface area contributed by atoms with Gasteiger partial charge in [-0.15, -0.1) is 0 Å². The molecule has 3 amide bonds. The molecule has 0 radical (unpaired) electrons. The van der Waals surface area contributed by atoms with E-state index in [1.165, 1.54) is 25.4 Å². The van der Waals surface area contributed by atoms with Crippen LogP contribution in [0.1, 0.15) is 74.7 Å². The van der Waals surface area contributed by atoms with Crippen molar-refractivity contribution in [3.8, 4) is 0 Å². The third-order valence-electron chi connectivity index (χ3n) is 8.17. The number of anilines is 1. The first-order valence-corrected chi connectivity index (χ1v) is 14.8. The number of carbonyl (C=O) groups is 4. The first-order chi connectivity index (χ1) is 20.5. The normalized spacial score (nSPS) is 22.8. The summed E-state index contributed by atoms with van der Waals surface area (Å²) < 4.78 is 23.9. The number of amides is 3. The van der Waals surface area contributed by atoms with Crippen molar-refractivity contribution in [3.63, 3.8) is 0 Å². The molecule has 2 N–H and O–H groups in total. The Bertz CT molecular complexity index is 1280. The van der Waals surface area contributed by atoms with Gasteiger partial charge in [-0.3, -0.25) is 9.59 Å². The van der Waals surface area contributed by atoms with E-state index in [1.807, 2.05) is 30.3 Å². The first-order valence-electron chi connectivity index (χ1n) is 14.8. The average Bonchev–Trinajstić information content (AvgIpc) is 3.45. The minimum atomic E-state index is -0.748. The van der Waals surface area contributed by atoms with Crippen molar-refractivity contribution in [1.82, 2.24) is 15.2 Å². The molecular weight excluding hydrogens is 555 g/mol. The van der Waals surface area contributed by atoms with Gasteiger partial charge >= 0.3 is 12.1 Å². The first kappa shape index (κ1) is 31.9. The molecule has 11 heteroatoms. The van der Waals surface area contributed by atoms with Crippen LogP contribution < -0.4 is 10.6 Å². The molecule has 1 saturated heterocycles. The van der Waals surface area contributed by atoms with Crippen molar-refractivity contribution in [1.29, 1.82) is 0 Å². The summed E-state index contributed by atoms with van der Waals surface area (Å²) in [4.78, 5) is 57.5. The van der Waals surface area contributed by atoms with Gasteiger partial charge in [0.15, 0.2) is 0 Å². The highest BCUT2D eigenvalue weighted by molar-refractivity contribution is 5.98. The Balaban J connectivity index is 1.44. The number of aromatic nitrogens is 1. The Labute approximate surface area is 251 Å². The zero-order chi connectivity index (χ0) is 31.1. The molecule has 1 aromatic heterocycles. The van der Waals surface area contributed by atoms with Gasteiger partial charge in [0.05, 0.1) is 18.7 Å². The number of alkyl halides is 1. The van der Waals surface area contributed by atoms with Crippen LogP contribution in [0, 0.1) is 11.8 Å². The fraction of sp³-hybridized carbons (Fsp3) is 0.531. The Morgan fingerprint density at radius 1 is 1.02 bits per heavy atom. The number of likely N-dealkylation sites (tertiary alicyclic amines) is 1. The highest BCUT2D eigenvalue weighted by atomic mass is 19.1. The van der Waals surface area contributed by atoms with Gasteiger partial charge in [-0.2, -0.15) is 0 Å². The summed E-state index contributed by atoms with van der Waals surface area (Å²) in [5.41, 5.74) is 0.537. The number of halogens is 1. The number of pyridine rings is 1. The summed E-state index contributed by atoms with van der Waals surface area (Å²) in [5.74, 6) is -1.34. The SMILES string of the molecule is COC(=O)c1ccc(NC(=O)[C@@H]2[C@@H](c3ccccc3)CCN2C(=O)C2CCC(C(CF)NC(=O)OC(C)(C)C)CC2)nc1. The van der Waals surface area contributed by atoms with Crippen LogP contribution in [0.3, 0.4) is 0 Å². The van der Waals surface area contributed by atoms with Gasteiger partial charge < -0.3 is 25.0 Å². The van der Waals surface area contributed by atoms with Gasteiger partial charge in [-0.25, -0.2) is 19.0 Å². The van der Waals surface area contributed by atoms with Crippen molar-refractivity contribution in [2.45, 2.75) is 76.5 Å². The van der Waals surface area contributed by atoms with Crippen LogP contribution in [0.25, 0.3) is 0 Å². The lowest BCUT2D eigenvalue weighted by atomic mass is 9.78. The maximum absolute atomic E-state index is 13.9. The number of alkyl carbamates (subject to hydrolysis) is 1. The minimum absolute atomic E-state index is 0.0945. The van der Waals surface area contributed by atoms with Crippen molar-refractivity contribution < 1.29 is 33.0 Å². The number of benzene rings is 1. The molecule has 232 valence electrons. The Morgan fingerprint density at radius 3 is 2.30 bits per heavy atom. The van der Waals surface area contributed by atoms with E-state index in [0.717, 1.165) is 5.56 Å². The highest BCUT2D eigenvalue weighted by Crippen LogP contribution is 2.38. The molecule has 3 atom stereocenters. The van der Waals surface area contributed by atoms with E-state index in [1.54, 1.807) is 25.7 Å². The highest BCUT2D eigenvalue weighted by Gasteiger charge is 2.45. The maximum atomic E-state index is 13.9. The Morgan fingerprint density at radius 2 is 1.72 bits per heavy atom. The van der Waals surface area contributed by atoms with Gasteiger partial charge in [0, 0.05) is 24.6 Å². The van der Waals surface area contributed by atoms with Gasteiger partial charge in [0.1, 0.15) is 24.1 Å². The van der Waals surface area contributed by atoms with Crippen LogP contribution in [0.15, 0.2) is 48.7 Å². The number of hydrogen-bond acceptors (Lipinski definition) is 7. The quantitative estimate of drug-likeness (QED) is 0.417. The summed E-state index contributed by atoms with van der Waals surface area (Å²) in [6.45, 7) is 4.96. The van der Waals surface area contributed by atoms with E-state index >= 15 is 0 Å². The topological polar surface area (TPSA) is 127 Å². The molecular formula is C32H41FN4O6. The molecule has 2 aromatic rings. The van der Waals surface area contributed by atoms with E-state index in [0.29, 0.717) is 38.6 Å². The second-order valence-electron chi connectivity index (χ2n) is 12.2. The summed E-state index contributed by atoms with van der Waals surface area (Å²) in [6.07, 6.45) is 3.52. The Kier molecular flexibility index (Phi) is 10.4. The minimum Gasteiger partial charge on any atom is -0.465 e. The van der Waals surface area contributed by atoms with Crippen molar-refractivity contribution in [2.24, 2.45) is 11.8 Å². The van der Waals surface area contributed by atoms with Crippen LogP contribution in [0.2, 0.25) is 0 Å². The fourth-order valence-electron chi connectivity index (χ4n) is 6.06. The van der Waals surface area contributed by atoms with Crippen molar-refractivity contribution in [2.75, 3.05) is 25.6 Å². The number of nitrogens with zero attached hydrogens (tertiary/aromatic N) is 2. The zero-order valence-electron chi connectivity index (χ0n) is 25.2. The molecule has 1 aliphatic heterocycles. The van der Waals surface area contributed by atoms with Gasteiger partial charge in [-0.05, 0) is 76.5 Å². The smallest absolute Gasteiger partial charge is 0.407 e. The molecule has 1 aliphatic carbocycles. The van der Waals surface area contributed by atoms with Gasteiger partial charge in [0.25, 0.3) is 0 Å². The van der Waals surface area contributed by atoms with Crippen LogP contribution in [-0.2, 0) is 19.1 Å². The van der Waals surface area contributed by atoms with E-state index in [9.17, 15) is 23.6 Å². The van der Waals surface area contributed by atoms with Crippen LogP contribution in [-0.4, -0.2) is 71.8 Å². The second-order valence-corrected chi connectivity index (χ2v) is 12.2. The molecule has 0 spiro atoms. The lowest BCUT2D eigenvalue weighted by Gasteiger charge is -2.36. The molecule has 0 bridgehead atoms. The number of carbonyl (C=O) groups excluding carboxylic acids is 4. The zero-order valence-corrected chi connectivity index (χ0v) is 25.2. The monoisotopic (exact) mass is 596 g/mol. The Hall–Kier alpha value is -4.02. The number of nitrogens with one attached hydrogen (secondary N) is 2. The molecule has 1 unspecified atom stereocenters. The molecule has 43 heavy (non-hydrogen) atoms. The van der Waals surface area contributed by atoms with E-state index in [-0.39, 0.29) is 40.9 Å². The second kappa shape index (κ2) is 14.0. The summed E-state index contributed by atoms with van der Waals surface area (Å²) >= 11 is 0. The molecule has 1 saturated carbocycles. The van der Waals surface area contributed by atoms with E-state index in [4.69, 9.17) is 9.47 Å². The summed E-state index contributed by atoms with van der Waals surface area (Å²) in [5, 5.41) is 5.49. The number of methoxy groups -OCH3 is 1. The standard InChI is InChI=1S/C32H41FN4O6/c1-32(2,3)43-31(41)35-25(18-33)21-10-12-22(13-11-21)29(39)37-17-16-24(20-8-6-5-7-9-20)27(37)28(38)36-26-15-14-23(19-34-26)30(40)42-4/h5-9,14-15,19,21-22,24-25,27H,10-13,16-18H2,1-4H3,(H,35,41)(H,34,36,38)/t21?,22?,24-,25?,27+/m1/s1. The van der Waals surface area contributed by atoms with E-state index < -0.39 is 36.4 Å². The fourth-order valence-corrected chi connectivity index (χ4v) is 6.06. The number of hydrogen-bond donors (Lipinski definition) is 2. The van der Waals surface area contributed by atoms with Crippen molar-refractivity contribution in [3.05, 3.63) is 59.8 Å². The van der Waals surface area contributed by atoms with E-state index in [2.05, 4.69) is 15.6 Å².